The Morgan fingerprint density at radius 3 is 1.72 bits per heavy atom. The van der Waals surface area contributed by atoms with Gasteiger partial charge in [0.25, 0.3) is 0 Å². The SMILES string of the molecule is O=P(c1ccccc1)(c1ccco1)c1ccco1. The maximum absolute atomic E-state index is 13.4. The Hall–Kier alpha value is -1.99. The first-order valence-corrected chi connectivity index (χ1v) is 7.26. The van der Waals surface area contributed by atoms with Crippen LogP contribution in [0, 0.1) is 0 Å². The van der Waals surface area contributed by atoms with Crippen LogP contribution in [0.25, 0.3) is 0 Å². The molecule has 2 aromatic heterocycles. The van der Waals surface area contributed by atoms with Crippen molar-refractivity contribution in [1.29, 1.82) is 0 Å². The molecule has 0 aliphatic carbocycles. The van der Waals surface area contributed by atoms with Gasteiger partial charge in [0.15, 0.2) is 11.0 Å². The van der Waals surface area contributed by atoms with E-state index in [1.165, 1.54) is 12.5 Å². The van der Waals surface area contributed by atoms with Crippen molar-refractivity contribution < 1.29 is 13.4 Å². The Morgan fingerprint density at radius 2 is 1.28 bits per heavy atom. The van der Waals surface area contributed by atoms with Gasteiger partial charge in [0, 0.05) is 5.30 Å². The van der Waals surface area contributed by atoms with Crippen LogP contribution in [0.1, 0.15) is 0 Å². The number of hydrogen-bond acceptors (Lipinski definition) is 3. The van der Waals surface area contributed by atoms with Gasteiger partial charge >= 0.3 is 0 Å². The van der Waals surface area contributed by atoms with Crippen LogP contribution in [0.2, 0.25) is 0 Å². The standard InChI is InChI=1S/C14H11O3P/c15-18(13-8-4-10-16-13,14-9-5-11-17-14)12-6-2-1-3-7-12/h1-11H. The summed E-state index contributed by atoms with van der Waals surface area (Å²) in [7, 11) is -3.01. The van der Waals surface area contributed by atoms with Crippen LogP contribution in [0.3, 0.4) is 0 Å². The van der Waals surface area contributed by atoms with E-state index < -0.39 is 7.14 Å². The van der Waals surface area contributed by atoms with Gasteiger partial charge in [-0.25, -0.2) is 0 Å². The molecule has 0 aliphatic heterocycles. The van der Waals surface area contributed by atoms with Crippen molar-refractivity contribution >= 4 is 23.4 Å². The van der Waals surface area contributed by atoms with Gasteiger partial charge in [-0.05, 0) is 24.3 Å². The second kappa shape index (κ2) is 4.35. The van der Waals surface area contributed by atoms with Crippen molar-refractivity contribution in [3.63, 3.8) is 0 Å². The van der Waals surface area contributed by atoms with E-state index in [0.717, 1.165) is 0 Å². The molecule has 0 saturated carbocycles. The van der Waals surface area contributed by atoms with Crippen LogP contribution in [0.15, 0.2) is 76.0 Å². The molecule has 0 saturated heterocycles. The molecule has 90 valence electrons. The third-order valence-corrected chi connectivity index (χ3v) is 5.53. The lowest BCUT2D eigenvalue weighted by molar-refractivity contribution is 0.552. The van der Waals surface area contributed by atoms with Crippen LogP contribution in [0.5, 0.6) is 0 Å². The fourth-order valence-corrected chi connectivity index (χ4v) is 4.23. The summed E-state index contributed by atoms with van der Waals surface area (Å²) in [5, 5.41) is 0.704. The molecule has 0 unspecified atom stereocenters. The quantitative estimate of drug-likeness (QED) is 0.678. The summed E-state index contributed by atoms with van der Waals surface area (Å²) in [5.74, 6) is 0. The van der Waals surface area contributed by atoms with Gasteiger partial charge in [0.2, 0.25) is 7.14 Å². The van der Waals surface area contributed by atoms with Crippen LogP contribution in [0.4, 0.5) is 0 Å². The molecule has 1 aromatic carbocycles. The highest BCUT2D eigenvalue weighted by Gasteiger charge is 2.35. The molecular formula is C14H11O3P. The highest BCUT2D eigenvalue weighted by molar-refractivity contribution is 7.84. The summed E-state index contributed by atoms with van der Waals surface area (Å²) in [4.78, 5) is 0. The van der Waals surface area contributed by atoms with Gasteiger partial charge in [-0.3, -0.25) is 0 Å². The van der Waals surface area contributed by atoms with Crippen LogP contribution < -0.4 is 16.3 Å². The van der Waals surface area contributed by atoms with E-state index in [1.807, 2.05) is 30.3 Å². The number of benzene rings is 1. The molecule has 0 amide bonds. The molecule has 3 nitrogen and oxygen atoms in total. The Labute approximate surface area is 104 Å². The fraction of sp³-hybridized carbons (Fsp3) is 0. The molecule has 2 heterocycles. The van der Waals surface area contributed by atoms with E-state index in [2.05, 4.69) is 0 Å². The zero-order valence-electron chi connectivity index (χ0n) is 9.52. The smallest absolute Gasteiger partial charge is 0.238 e. The number of furan rings is 2. The molecule has 3 rings (SSSR count). The molecule has 0 N–H and O–H groups in total. The number of hydrogen-bond donors (Lipinski definition) is 0. The molecule has 3 aromatic rings. The molecule has 0 aliphatic rings. The Bertz CT molecular complexity index is 616. The molecule has 0 atom stereocenters. The van der Waals surface area contributed by atoms with Crippen molar-refractivity contribution in [2.45, 2.75) is 0 Å². The van der Waals surface area contributed by atoms with E-state index in [0.29, 0.717) is 16.3 Å². The van der Waals surface area contributed by atoms with Gasteiger partial charge in [-0.2, -0.15) is 0 Å². The Morgan fingerprint density at radius 1 is 0.722 bits per heavy atom. The average molecular weight is 258 g/mol. The summed E-state index contributed by atoms with van der Waals surface area (Å²) in [5.41, 5.74) is 0.868. The van der Waals surface area contributed by atoms with E-state index in [1.54, 1.807) is 24.3 Å². The maximum atomic E-state index is 13.4. The van der Waals surface area contributed by atoms with E-state index in [4.69, 9.17) is 8.83 Å². The van der Waals surface area contributed by atoms with Crippen molar-refractivity contribution in [3.8, 4) is 0 Å². The van der Waals surface area contributed by atoms with Gasteiger partial charge in [-0.1, -0.05) is 30.3 Å². The lowest BCUT2D eigenvalue weighted by atomic mass is 10.4. The lowest BCUT2D eigenvalue weighted by Crippen LogP contribution is -2.22. The molecule has 4 heteroatoms. The third-order valence-electron chi connectivity index (χ3n) is 2.75. The van der Waals surface area contributed by atoms with Crippen molar-refractivity contribution in [1.82, 2.24) is 0 Å². The lowest BCUT2D eigenvalue weighted by Gasteiger charge is -2.13. The largest absolute Gasteiger partial charge is 0.461 e. The first-order valence-electron chi connectivity index (χ1n) is 5.55. The Balaban J connectivity index is 2.26. The maximum Gasteiger partial charge on any atom is 0.238 e. The predicted octanol–water partition coefficient (Wildman–Crippen LogP) is 2.51. The molecule has 0 spiro atoms. The first kappa shape index (κ1) is 11.1. The van der Waals surface area contributed by atoms with Crippen LogP contribution in [-0.4, -0.2) is 0 Å². The van der Waals surface area contributed by atoms with Gasteiger partial charge < -0.3 is 13.4 Å². The van der Waals surface area contributed by atoms with Crippen molar-refractivity contribution in [2.75, 3.05) is 0 Å². The predicted molar refractivity (Wildman–Crippen MR) is 70.4 cm³/mol. The molecule has 0 bridgehead atoms. The van der Waals surface area contributed by atoms with E-state index >= 15 is 0 Å². The van der Waals surface area contributed by atoms with Crippen LogP contribution in [-0.2, 0) is 4.57 Å². The van der Waals surface area contributed by atoms with E-state index in [-0.39, 0.29) is 0 Å². The molecule has 18 heavy (non-hydrogen) atoms. The fourth-order valence-electron chi connectivity index (χ4n) is 1.90. The zero-order valence-corrected chi connectivity index (χ0v) is 10.4. The van der Waals surface area contributed by atoms with Crippen LogP contribution >= 0.6 is 7.14 Å². The topological polar surface area (TPSA) is 43.4 Å². The van der Waals surface area contributed by atoms with Crippen molar-refractivity contribution in [3.05, 3.63) is 67.1 Å². The second-order valence-corrected chi connectivity index (χ2v) is 6.46. The summed E-state index contributed by atoms with van der Waals surface area (Å²) >= 11 is 0. The zero-order chi connectivity index (χ0) is 12.4. The Kier molecular flexibility index (Phi) is 2.69. The summed E-state index contributed by atoms with van der Waals surface area (Å²) < 4.78 is 24.1. The minimum absolute atomic E-state index is 0.434. The van der Waals surface area contributed by atoms with Gasteiger partial charge in [-0.15, -0.1) is 0 Å². The monoisotopic (exact) mass is 258 g/mol. The minimum atomic E-state index is -3.01. The highest BCUT2D eigenvalue weighted by Crippen LogP contribution is 2.42. The molecule has 0 fully saturated rings. The highest BCUT2D eigenvalue weighted by atomic mass is 31.2. The number of rotatable bonds is 3. The first-order chi connectivity index (χ1) is 8.82. The molecule has 0 radical (unpaired) electrons. The van der Waals surface area contributed by atoms with Gasteiger partial charge in [0.1, 0.15) is 0 Å². The normalized spacial score (nSPS) is 11.6. The van der Waals surface area contributed by atoms with Crippen molar-refractivity contribution in [2.24, 2.45) is 0 Å². The van der Waals surface area contributed by atoms with E-state index in [9.17, 15) is 4.57 Å². The molecular weight excluding hydrogens is 247 g/mol. The van der Waals surface area contributed by atoms with Gasteiger partial charge in [0.05, 0.1) is 12.5 Å². The average Bonchev–Trinajstić information content (AvgIpc) is 3.12. The minimum Gasteiger partial charge on any atom is -0.461 e. The summed E-state index contributed by atoms with van der Waals surface area (Å²) in [6.07, 6.45) is 3.04. The summed E-state index contributed by atoms with van der Waals surface area (Å²) in [6, 6.07) is 16.1. The third kappa shape index (κ3) is 1.64. The second-order valence-electron chi connectivity index (χ2n) is 3.85. The summed E-state index contributed by atoms with van der Waals surface area (Å²) in [6.45, 7) is 0.